The smallest absolute Gasteiger partial charge is 0.269 e. The molecule has 1 aromatic heterocycles. The second kappa shape index (κ2) is 4.92. The predicted molar refractivity (Wildman–Crippen MR) is 83.9 cm³/mol. The highest BCUT2D eigenvalue weighted by Crippen LogP contribution is 2.27. The van der Waals surface area contributed by atoms with Crippen LogP contribution in [0.2, 0.25) is 0 Å². The largest absolute Gasteiger partial charge is 0.273 e. The molecule has 1 heterocycles. The molecule has 5 heteroatoms. The number of rotatable bonds is 3. The van der Waals surface area contributed by atoms with E-state index in [1.54, 1.807) is 24.6 Å². The van der Waals surface area contributed by atoms with E-state index in [1.807, 2.05) is 42.5 Å². The molecule has 20 heavy (non-hydrogen) atoms. The zero-order valence-corrected chi connectivity index (χ0v) is 12.5. The van der Waals surface area contributed by atoms with Crippen molar-refractivity contribution in [3.63, 3.8) is 0 Å². The Bertz CT molecular complexity index is 839. The molecule has 0 fully saturated rings. The maximum atomic E-state index is 12.5. The number of hydrogen-bond donors (Lipinski definition) is 0. The fourth-order valence-corrected chi connectivity index (χ4v) is 4.41. The number of hydrogen-bond acceptors (Lipinski definition) is 3. The van der Waals surface area contributed by atoms with Crippen molar-refractivity contribution in [1.29, 1.82) is 0 Å². The van der Waals surface area contributed by atoms with Gasteiger partial charge in [-0.05, 0) is 34.4 Å². The molecule has 0 aliphatic carbocycles. The van der Waals surface area contributed by atoms with Gasteiger partial charge >= 0.3 is 0 Å². The lowest BCUT2D eigenvalue weighted by Crippen LogP contribution is -2.25. The topological polar surface area (TPSA) is 37.4 Å². The molecule has 0 N–H and O–H groups in total. The molecule has 0 saturated heterocycles. The van der Waals surface area contributed by atoms with Crippen LogP contribution in [0.15, 0.2) is 64.2 Å². The molecule has 0 atom stereocenters. The molecule has 0 bridgehead atoms. The molecular formula is C15H13NO2S2. The third kappa shape index (κ3) is 2.19. The van der Waals surface area contributed by atoms with E-state index in [0.29, 0.717) is 9.90 Å². The van der Waals surface area contributed by atoms with Gasteiger partial charge in [0.05, 0.1) is 5.69 Å². The number of fused-ring (bicyclic) bond motifs is 1. The molecule has 0 radical (unpaired) electrons. The van der Waals surface area contributed by atoms with Crippen molar-refractivity contribution in [2.75, 3.05) is 11.4 Å². The normalized spacial score (nSPS) is 11.7. The van der Waals surface area contributed by atoms with Crippen LogP contribution in [0.5, 0.6) is 0 Å². The van der Waals surface area contributed by atoms with E-state index in [0.717, 1.165) is 10.8 Å². The molecule has 3 aromatic rings. The first-order valence-electron chi connectivity index (χ1n) is 6.10. The third-order valence-electron chi connectivity index (χ3n) is 3.21. The highest BCUT2D eigenvalue weighted by Gasteiger charge is 2.22. The summed E-state index contributed by atoms with van der Waals surface area (Å²) in [5, 5.41) is 3.89. The van der Waals surface area contributed by atoms with Gasteiger partial charge in [0.15, 0.2) is 0 Å². The molecule has 0 aliphatic heterocycles. The average molecular weight is 303 g/mol. The van der Waals surface area contributed by atoms with E-state index < -0.39 is 10.0 Å². The Hall–Kier alpha value is -1.85. The monoisotopic (exact) mass is 303 g/mol. The van der Waals surface area contributed by atoms with Gasteiger partial charge in [0, 0.05) is 7.05 Å². The highest BCUT2D eigenvalue weighted by molar-refractivity contribution is 7.94. The summed E-state index contributed by atoms with van der Waals surface area (Å²) >= 11 is 1.23. The lowest BCUT2D eigenvalue weighted by molar-refractivity contribution is 0.596. The van der Waals surface area contributed by atoms with E-state index in [1.165, 1.54) is 15.6 Å². The maximum Gasteiger partial charge on any atom is 0.273 e. The van der Waals surface area contributed by atoms with Crippen LogP contribution in [-0.4, -0.2) is 15.5 Å². The quantitative estimate of drug-likeness (QED) is 0.739. The summed E-state index contributed by atoms with van der Waals surface area (Å²) in [6, 6.07) is 16.9. The fourth-order valence-electron chi connectivity index (χ4n) is 2.06. The van der Waals surface area contributed by atoms with Crippen molar-refractivity contribution in [3.05, 3.63) is 60.0 Å². The van der Waals surface area contributed by atoms with Crippen LogP contribution in [0.4, 0.5) is 5.69 Å². The first-order valence-corrected chi connectivity index (χ1v) is 8.42. The van der Waals surface area contributed by atoms with Crippen LogP contribution in [0.3, 0.4) is 0 Å². The molecular weight excluding hydrogens is 290 g/mol. The fraction of sp³-hybridized carbons (Fsp3) is 0.0667. The zero-order valence-electron chi connectivity index (χ0n) is 10.9. The minimum absolute atomic E-state index is 0.355. The van der Waals surface area contributed by atoms with Gasteiger partial charge in [-0.15, -0.1) is 11.3 Å². The van der Waals surface area contributed by atoms with Crippen LogP contribution >= 0.6 is 11.3 Å². The van der Waals surface area contributed by atoms with E-state index in [2.05, 4.69) is 0 Å². The maximum absolute atomic E-state index is 12.5. The van der Waals surface area contributed by atoms with Gasteiger partial charge in [-0.2, -0.15) is 0 Å². The summed E-state index contributed by atoms with van der Waals surface area (Å²) in [6.45, 7) is 0. The number of thiophene rings is 1. The van der Waals surface area contributed by atoms with Crippen molar-refractivity contribution in [1.82, 2.24) is 0 Å². The summed E-state index contributed by atoms with van der Waals surface area (Å²) in [5.74, 6) is 0. The Morgan fingerprint density at radius 3 is 2.40 bits per heavy atom. The molecule has 0 unspecified atom stereocenters. The molecule has 3 rings (SSSR count). The first-order chi connectivity index (χ1) is 9.59. The zero-order chi connectivity index (χ0) is 14.2. The second-order valence-electron chi connectivity index (χ2n) is 4.44. The minimum atomic E-state index is -3.47. The van der Waals surface area contributed by atoms with Crippen LogP contribution < -0.4 is 4.31 Å². The number of benzene rings is 2. The molecule has 102 valence electrons. The van der Waals surface area contributed by atoms with Crippen molar-refractivity contribution in [2.24, 2.45) is 0 Å². The van der Waals surface area contributed by atoms with E-state index >= 15 is 0 Å². The Morgan fingerprint density at radius 1 is 0.950 bits per heavy atom. The standard InChI is InChI=1S/C15H13NO2S2/c1-16(20(17,18)15-7-4-10-19-15)14-9-8-12-5-2-3-6-13(12)11-14/h2-11H,1H3. The minimum Gasteiger partial charge on any atom is -0.269 e. The molecule has 0 amide bonds. The van der Waals surface area contributed by atoms with Crippen LogP contribution in [0.1, 0.15) is 0 Å². The van der Waals surface area contributed by atoms with Gasteiger partial charge in [0.2, 0.25) is 0 Å². The van der Waals surface area contributed by atoms with Crippen molar-refractivity contribution < 1.29 is 8.42 Å². The average Bonchev–Trinajstić information content (AvgIpc) is 3.01. The number of nitrogens with zero attached hydrogens (tertiary/aromatic N) is 1. The molecule has 0 aliphatic rings. The summed E-state index contributed by atoms with van der Waals surface area (Å²) in [7, 11) is -1.88. The van der Waals surface area contributed by atoms with Crippen LogP contribution in [0.25, 0.3) is 10.8 Å². The lowest BCUT2D eigenvalue weighted by atomic mass is 10.1. The van der Waals surface area contributed by atoms with Crippen molar-refractivity contribution >= 4 is 37.8 Å². The summed E-state index contributed by atoms with van der Waals surface area (Å²) < 4.78 is 26.6. The summed E-state index contributed by atoms with van der Waals surface area (Å²) in [4.78, 5) is 0. The lowest BCUT2D eigenvalue weighted by Gasteiger charge is -2.18. The number of sulfonamides is 1. The molecule has 2 aromatic carbocycles. The van der Waals surface area contributed by atoms with Crippen LogP contribution in [-0.2, 0) is 10.0 Å². The Labute approximate surface area is 122 Å². The summed E-state index contributed by atoms with van der Waals surface area (Å²) in [6.07, 6.45) is 0. The van der Waals surface area contributed by atoms with E-state index in [9.17, 15) is 8.42 Å². The molecule has 0 spiro atoms. The van der Waals surface area contributed by atoms with Gasteiger partial charge in [0.1, 0.15) is 4.21 Å². The molecule has 3 nitrogen and oxygen atoms in total. The first kappa shape index (κ1) is 13.1. The Morgan fingerprint density at radius 2 is 1.70 bits per heavy atom. The van der Waals surface area contributed by atoms with Gasteiger partial charge in [-0.1, -0.05) is 36.4 Å². The highest BCUT2D eigenvalue weighted by atomic mass is 32.2. The van der Waals surface area contributed by atoms with E-state index in [-0.39, 0.29) is 0 Å². The van der Waals surface area contributed by atoms with Crippen LogP contribution in [0, 0.1) is 0 Å². The Kier molecular flexibility index (Phi) is 3.23. The third-order valence-corrected chi connectivity index (χ3v) is 6.37. The van der Waals surface area contributed by atoms with Crippen molar-refractivity contribution in [3.8, 4) is 0 Å². The number of anilines is 1. The second-order valence-corrected chi connectivity index (χ2v) is 7.58. The SMILES string of the molecule is CN(c1ccc2ccccc2c1)S(=O)(=O)c1cccs1. The van der Waals surface area contributed by atoms with Gasteiger partial charge < -0.3 is 0 Å². The van der Waals surface area contributed by atoms with Gasteiger partial charge in [-0.3, -0.25) is 4.31 Å². The van der Waals surface area contributed by atoms with Crippen molar-refractivity contribution in [2.45, 2.75) is 4.21 Å². The van der Waals surface area contributed by atoms with Gasteiger partial charge in [0.25, 0.3) is 10.0 Å². The van der Waals surface area contributed by atoms with Gasteiger partial charge in [-0.25, -0.2) is 8.42 Å². The summed E-state index contributed by atoms with van der Waals surface area (Å²) in [5.41, 5.74) is 0.664. The van der Waals surface area contributed by atoms with E-state index in [4.69, 9.17) is 0 Å². The predicted octanol–water partition coefficient (Wildman–Crippen LogP) is 3.73. The molecule has 0 saturated carbocycles. The Balaban J connectivity index is 2.06.